The van der Waals surface area contributed by atoms with Crippen molar-refractivity contribution in [3.63, 3.8) is 0 Å². The maximum absolute atomic E-state index is 8.86. The van der Waals surface area contributed by atoms with E-state index in [0.29, 0.717) is 15.1 Å². The van der Waals surface area contributed by atoms with Crippen molar-refractivity contribution in [2.75, 3.05) is 6.61 Å². The van der Waals surface area contributed by atoms with Gasteiger partial charge in [0.2, 0.25) is 0 Å². The van der Waals surface area contributed by atoms with Crippen molar-refractivity contribution in [1.82, 2.24) is 4.98 Å². The molecule has 0 radical (unpaired) electrons. The van der Waals surface area contributed by atoms with Gasteiger partial charge in [-0.05, 0) is 6.07 Å². The van der Waals surface area contributed by atoms with Gasteiger partial charge in [-0.2, -0.15) is 0 Å². The van der Waals surface area contributed by atoms with Crippen LogP contribution in [0.5, 0.6) is 0 Å². The lowest BCUT2D eigenvalue weighted by Crippen LogP contribution is -2.02. The van der Waals surface area contributed by atoms with E-state index >= 15 is 0 Å². The summed E-state index contributed by atoms with van der Waals surface area (Å²) in [6, 6.07) is 1.55. The van der Waals surface area contributed by atoms with E-state index in [0.717, 1.165) is 0 Å². The average molecular weight is 273 g/mol. The number of aromatic nitrogens is 1. The highest BCUT2D eigenvalue weighted by atomic mass is 35.5. The van der Waals surface area contributed by atoms with Crippen LogP contribution in [0.1, 0.15) is 6.92 Å². The second-order valence-electron chi connectivity index (χ2n) is 2.66. The summed E-state index contributed by atoms with van der Waals surface area (Å²) in [6.45, 7) is 1.92. The molecule has 0 aliphatic rings. The van der Waals surface area contributed by atoms with Crippen molar-refractivity contribution in [2.24, 2.45) is 0 Å². The fraction of sp³-hybridized carbons (Fsp3) is 0.375. The van der Waals surface area contributed by atoms with E-state index < -0.39 is 0 Å². The summed E-state index contributed by atoms with van der Waals surface area (Å²) < 4.78 is 0. The van der Waals surface area contributed by atoms with Crippen LogP contribution >= 0.6 is 46.6 Å². The van der Waals surface area contributed by atoms with Crippen LogP contribution in [0.25, 0.3) is 0 Å². The molecule has 0 fully saturated rings. The van der Waals surface area contributed by atoms with E-state index in [-0.39, 0.29) is 17.0 Å². The predicted octanol–water partition coefficient (Wildman–Crippen LogP) is 3.51. The smallest absolute Gasteiger partial charge is 0.149 e. The molecule has 1 rings (SSSR count). The first-order valence-electron chi connectivity index (χ1n) is 3.83. The molecule has 0 saturated heterocycles. The molecule has 0 aliphatic heterocycles. The number of hydrogen-bond acceptors (Lipinski definition) is 3. The Balaban J connectivity index is 2.92. The number of rotatable bonds is 3. The summed E-state index contributed by atoms with van der Waals surface area (Å²) in [7, 11) is 0. The monoisotopic (exact) mass is 271 g/mol. The fourth-order valence-corrected chi connectivity index (χ4v) is 2.19. The topological polar surface area (TPSA) is 33.1 Å². The number of thioether (sulfide) groups is 1. The maximum Gasteiger partial charge on any atom is 0.149 e. The highest BCUT2D eigenvalue weighted by Crippen LogP contribution is 2.33. The number of aliphatic hydroxyl groups is 1. The number of aliphatic hydroxyl groups excluding tert-OH is 1. The summed E-state index contributed by atoms with van der Waals surface area (Å²) in [4.78, 5) is 4.01. The summed E-state index contributed by atoms with van der Waals surface area (Å²) in [6.07, 6.45) is 0. The number of halogens is 3. The molecule has 0 aromatic carbocycles. The van der Waals surface area contributed by atoms with Crippen molar-refractivity contribution in [3.8, 4) is 0 Å². The lowest BCUT2D eigenvalue weighted by atomic mass is 10.5. The van der Waals surface area contributed by atoms with Gasteiger partial charge >= 0.3 is 0 Å². The van der Waals surface area contributed by atoms with Gasteiger partial charge in [0.05, 0.1) is 16.7 Å². The lowest BCUT2D eigenvalue weighted by Gasteiger charge is -2.08. The molecule has 1 N–H and O–H groups in total. The van der Waals surface area contributed by atoms with Gasteiger partial charge in [0, 0.05) is 5.25 Å². The first-order valence-corrected chi connectivity index (χ1v) is 5.85. The zero-order chi connectivity index (χ0) is 10.7. The molecule has 0 bridgehead atoms. The van der Waals surface area contributed by atoms with E-state index in [9.17, 15) is 0 Å². The molecule has 1 unspecified atom stereocenters. The van der Waals surface area contributed by atoms with Gasteiger partial charge in [0.1, 0.15) is 10.2 Å². The quantitative estimate of drug-likeness (QED) is 0.675. The maximum atomic E-state index is 8.86. The fourth-order valence-electron chi connectivity index (χ4n) is 0.739. The predicted molar refractivity (Wildman–Crippen MR) is 61.7 cm³/mol. The molecule has 14 heavy (non-hydrogen) atoms. The Hall–Kier alpha value is 0.330. The molecule has 0 amide bonds. The lowest BCUT2D eigenvalue weighted by molar-refractivity contribution is 0.300. The van der Waals surface area contributed by atoms with Gasteiger partial charge in [0.15, 0.2) is 0 Å². The molecule has 1 atom stereocenters. The van der Waals surface area contributed by atoms with Gasteiger partial charge < -0.3 is 5.11 Å². The molecule has 0 saturated carbocycles. The molecule has 1 aromatic heterocycles. The minimum Gasteiger partial charge on any atom is -0.395 e. The zero-order valence-electron chi connectivity index (χ0n) is 7.30. The molecule has 0 aliphatic carbocycles. The highest BCUT2D eigenvalue weighted by molar-refractivity contribution is 8.00. The Labute approximate surface area is 102 Å². The average Bonchev–Trinajstić information content (AvgIpc) is 2.14. The van der Waals surface area contributed by atoms with Crippen molar-refractivity contribution < 1.29 is 5.11 Å². The van der Waals surface area contributed by atoms with Crippen LogP contribution in [0.2, 0.25) is 15.2 Å². The molecule has 2 nitrogen and oxygen atoms in total. The third kappa shape index (κ3) is 3.17. The molecular weight excluding hydrogens is 265 g/mol. The Bertz CT molecular complexity index is 335. The van der Waals surface area contributed by atoms with Gasteiger partial charge in [-0.3, -0.25) is 0 Å². The van der Waals surface area contributed by atoms with Crippen molar-refractivity contribution in [1.29, 1.82) is 0 Å². The largest absolute Gasteiger partial charge is 0.395 e. The van der Waals surface area contributed by atoms with Crippen molar-refractivity contribution in [3.05, 3.63) is 21.3 Å². The van der Waals surface area contributed by atoms with E-state index in [1.807, 2.05) is 6.92 Å². The van der Waals surface area contributed by atoms with Crippen molar-refractivity contribution >= 4 is 46.6 Å². The Kier molecular flexibility index (Phi) is 4.80. The SMILES string of the molecule is CC(CO)Sc1nc(Cl)c(Cl)cc1Cl. The molecular formula is C8H8Cl3NOS. The summed E-state index contributed by atoms with van der Waals surface area (Å²) >= 11 is 18.7. The minimum atomic E-state index is 0.0252. The highest BCUT2D eigenvalue weighted by Gasteiger charge is 2.11. The number of nitrogens with zero attached hydrogens (tertiary/aromatic N) is 1. The minimum absolute atomic E-state index is 0.0252. The number of pyridine rings is 1. The normalized spacial score (nSPS) is 12.9. The molecule has 0 spiro atoms. The van der Waals surface area contributed by atoms with Crippen LogP contribution in [-0.4, -0.2) is 21.9 Å². The van der Waals surface area contributed by atoms with E-state index in [4.69, 9.17) is 39.9 Å². The van der Waals surface area contributed by atoms with Crippen molar-refractivity contribution in [2.45, 2.75) is 17.2 Å². The summed E-state index contributed by atoms with van der Waals surface area (Å²) in [5, 5.41) is 10.5. The van der Waals surface area contributed by atoms with Gasteiger partial charge in [-0.15, -0.1) is 0 Å². The van der Waals surface area contributed by atoms with Crippen LogP contribution in [0.4, 0.5) is 0 Å². The molecule has 78 valence electrons. The Morgan fingerprint density at radius 2 is 2.07 bits per heavy atom. The standard InChI is InChI=1S/C8H8Cl3NOS/c1-4(3-13)14-8-6(10)2-5(9)7(11)12-8/h2,4,13H,3H2,1H3. The zero-order valence-corrected chi connectivity index (χ0v) is 10.4. The first-order chi connectivity index (χ1) is 6.54. The van der Waals surface area contributed by atoms with Gasteiger partial charge in [-0.1, -0.05) is 53.5 Å². The van der Waals surface area contributed by atoms with Gasteiger partial charge in [-0.25, -0.2) is 4.98 Å². The Morgan fingerprint density at radius 3 is 2.64 bits per heavy atom. The summed E-state index contributed by atoms with van der Waals surface area (Å²) in [5.41, 5.74) is 0. The second kappa shape index (κ2) is 5.42. The molecule has 1 aromatic rings. The summed E-state index contributed by atoms with van der Waals surface area (Å²) in [5.74, 6) is 0. The molecule has 1 heterocycles. The second-order valence-corrected chi connectivity index (χ2v) is 5.26. The first kappa shape index (κ1) is 12.4. The Morgan fingerprint density at radius 1 is 1.43 bits per heavy atom. The van der Waals surface area contributed by atoms with Crippen LogP contribution in [-0.2, 0) is 0 Å². The van der Waals surface area contributed by atoms with Crippen LogP contribution < -0.4 is 0 Å². The van der Waals surface area contributed by atoms with E-state index in [1.54, 1.807) is 6.07 Å². The molecule has 6 heteroatoms. The third-order valence-corrected chi connectivity index (χ3v) is 3.58. The van der Waals surface area contributed by atoms with Crippen LogP contribution in [0, 0.1) is 0 Å². The van der Waals surface area contributed by atoms with Gasteiger partial charge in [0.25, 0.3) is 0 Å². The third-order valence-electron chi connectivity index (χ3n) is 1.42. The van der Waals surface area contributed by atoms with E-state index in [2.05, 4.69) is 4.98 Å². The number of hydrogen-bond donors (Lipinski definition) is 1. The van der Waals surface area contributed by atoms with Crippen LogP contribution in [0.15, 0.2) is 11.1 Å². The van der Waals surface area contributed by atoms with E-state index in [1.165, 1.54) is 11.8 Å². The van der Waals surface area contributed by atoms with Crippen LogP contribution in [0.3, 0.4) is 0 Å².